The van der Waals surface area contributed by atoms with E-state index in [1.807, 2.05) is 0 Å². The Labute approximate surface area is 336 Å². The van der Waals surface area contributed by atoms with E-state index < -0.39 is 65.6 Å². The van der Waals surface area contributed by atoms with Crippen molar-refractivity contribution in [2.75, 3.05) is 20.2 Å². The predicted octanol–water partition coefficient (Wildman–Crippen LogP) is 4.77. The van der Waals surface area contributed by atoms with E-state index in [2.05, 4.69) is 42.5 Å². The average Bonchev–Trinajstić information content (AvgIpc) is 3.32. The Kier molecular flexibility index (Phi) is 18.2. The van der Waals surface area contributed by atoms with E-state index in [4.69, 9.17) is 14.7 Å². The highest BCUT2D eigenvalue weighted by Gasteiger charge is 2.51. The summed E-state index contributed by atoms with van der Waals surface area (Å²) in [4.78, 5) is 103. The van der Waals surface area contributed by atoms with Gasteiger partial charge in [-0.2, -0.15) is 0 Å². The molecule has 1 aliphatic rings. The normalized spacial score (nSPS) is 18.0. The van der Waals surface area contributed by atoms with E-state index in [-0.39, 0.29) is 69.3 Å². The van der Waals surface area contributed by atoms with Crippen LogP contribution in [0.5, 0.6) is 0 Å². The van der Waals surface area contributed by atoms with Crippen LogP contribution in [0.4, 0.5) is 0 Å². The molecule has 0 saturated carbocycles. The molecule has 54 heavy (non-hydrogen) atoms. The lowest BCUT2D eigenvalue weighted by Gasteiger charge is -2.39. The third-order valence-corrected chi connectivity index (χ3v) is 10.1. The monoisotopic (exact) mass is 897 g/mol. The second-order valence-corrected chi connectivity index (χ2v) is 20.6. The van der Waals surface area contributed by atoms with Crippen LogP contribution in [0.15, 0.2) is 0 Å². The fourth-order valence-corrected chi connectivity index (χ4v) is 7.93. The molecule has 0 aromatic rings. The van der Waals surface area contributed by atoms with Crippen LogP contribution < -0.4 is 10.6 Å². The highest BCUT2D eigenvalue weighted by Crippen LogP contribution is 2.45. The summed E-state index contributed by atoms with van der Waals surface area (Å²) in [6.07, 6.45) is 0.391. The molecule has 0 radical (unpaired) electrons. The smallest absolute Gasteiger partial charge is 0.339 e. The minimum Gasteiger partial charge on any atom is -0.480 e. The summed E-state index contributed by atoms with van der Waals surface area (Å²) >= 11 is 6.54. The highest BCUT2D eigenvalue weighted by atomic mass is 79.9. The molecular weight excluding hydrogens is 838 g/mol. The zero-order valence-electron chi connectivity index (χ0n) is 34.0. The number of carbonyl (C=O) groups excluding carboxylic acids is 7. The summed E-state index contributed by atoms with van der Waals surface area (Å²) < 4.78 is 2.87. The molecule has 4 atom stereocenters. The molecule has 1 fully saturated rings. The van der Waals surface area contributed by atoms with Gasteiger partial charge in [0.05, 0.1) is 12.0 Å². The fourth-order valence-electron chi connectivity index (χ4n) is 6.61. The maximum absolute atomic E-state index is 13.2. The van der Waals surface area contributed by atoms with Gasteiger partial charge in [0, 0.05) is 49.1 Å². The van der Waals surface area contributed by atoms with Crippen LogP contribution in [0.3, 0.4) is 0 Å². The third kappa shape index (κ3) is 15.0. The van der Waals surface area contributed by atoms with Crippen molar-refractivity contribution in [2.24, 2.45) is 21.7 Å². The SMILES string of the molecule is CCC(=O)C(C)(C)CC(C)(CC(C)(Br)C(=O)O)C(=O)NCCO.CNC(=O)C(C)(C)CC(C)(CC(C)(Br)C(=O)OC(C)(C)C)C(=O)ON1C(=O)CCC1=O. The van der Waals surface area contributed by atoms with Crippen LogP contribution >= 0.6 is 31.9 Å². The standard InChI is InChI=1S/C21H33BrN2O7.C16H28BrNO5/c1-18(2,3)30-17(29)21(7,22)12-20(6,11-19(4,5)15(27)23-8)16(28)31-24-13(25)9-10-14(24)26;1-6-11(20)14(2,3)9-15(4,12(21)18-7-8-19)10-16(5,17)13(22)23/h9-12H2,1-8H3,(H,23,27);19H,6-10H2,1-5H3,(H,18,21)(H,22,23). The van der Waals surface area contributed by atoms with Gasteiger partial charge in [0.15, 0.2) is 0 Å². The number of hydrogen-bond acceptors (Lipinski definition) is 11. The number of carbonyl (C=O) groups is 8. The molecule has 0 aromatic heterocycles. The first-order valence-electron chi connectivity index (χ1n) is 17.7. The number of carboxylic acid groups (broad SMARTS) is 1. The summed E-state index contributed by atoms with van der Waals surface area (Å²) in [5.74, 6) is -4.43. The van der Waals surface area contributed by atoms with Crippen molar-refractivity contribution in [3.05, 3.63) is 0 Å². The van der Waals surface area contributed by atoms with Crippen molar-refractivity contribution in [2.45, 2.75) is 142 Å². The van der Waals surface area contributed by atoms with Gasteiger partial charge in [-0.1, -0.05) is 73.4 Å². The molecule has 4 N–H and O–H groups in total. The number of alkyl halides is 2. The lowest BCUT2D eigenvalue weighted by atomic mass is 9.67. The number of ketones is 1. The highest BCUT2D eigenvalue weighted by molar-refractivity contribution is 9.10. The first-order chi connectivity index (χ1) is 24.2. The molecule has 310 valence electrons. The van der Waals surface area contributed by atoms with Crippen LogP contribution in [-0.2, 0) is 47.9 Å². The van der Waals surface area contributed by atoms with Crippen molar-refractivity contribution in [1.29, 1.82) is 0 Å². The number of rotatable bonds is 18. The molecule has 4 unspecified atom stereocenters. The van der Waals surface area contributed by atoms with Gasteiger partial charge in [0.1, 0.15) is 20.0 Å². The van der Waals surface area contributed by atoms with Crippen molar-refractivity contribution >= 4 is 79.2 Å². The van der Waals surface area contributed by atoms with Crippen LogP contribution in [0.25, 0.3) is 0 Å². The van der Waals surface area contributed by atoms with E-state index in [1.165, 1.54) is 20.9 Å². The van der Waals surface area contributed by atoms with Gasteiger partial charge >= 0.3 is 17.9 Å². The molecule has 0 aromatic carbocycles. The fraction of sp³-hybridized carbons (Fsp3) is 0.784. The largest absolute Gasteiger partial charge is 0.480 e. The van der Waals surface area contributed by atoms with Gasteiger partial charge in [-0.3, -0.25) is 33.6 Å². The molecular formula is C37H61Br2N3O12. The molecule has 0 aliphatic carbocycles. The quantitative estimate of drug-likeness (QED) is 0.0830. The minimum atomic E-state index is -1.42. The Hall–Kier alpha value is -2.92. The van der Waals surface area contributed by atoms with Gasteiger partial charge in [-0.25, -0.2) is 4.79 Å². The number of carboxylic acids is 1. The molecule has 17 heteroatoms. The third-order valence-electron chi connectivity index (χ3n) is 8.91. The molecule has 4 amide bonds. The Morgan fingerprint density at radius 2 is 1.19 bits per heavy atom. The number of amides is 4. The molecule has 0 bridgehead atoms. The number of ether oxygens (including phenoxy) is 1. The first-order valence-corrected chi connectivity index (χ1v) is 19.3. The van der Waals surface area contributed by atoms with Crippen molar-refractivity contribution < 1.29 is 58.1 Å². The van der Waals surface area contributed by atoms with Gasteiger partial charge in [-0.15, -0.1) is 5.06 Å². The Morgan fingerprint density at radius 1 is 0.722 bits per heavy atom. The molecule has 1 saturated heterocycles. The predicted molar refractivity (Wildman–Crippen MR) is 207 cm³/mol. The van der Waals surface area contributed by atoms with Crippen LogP contribution in [0, 0.1) is 21.7 Å². The average molecular weight is 900 g/mol. The van der Waals surface area contributed by atoms with Gasteiger partial charge in [0.25, 0.3) is 11.8 Å². The summed E-state index contributed by atoms with van der Waals surface area (Å²) in [7, 11) is 1.48. The molecule has 0 spiro atoms. The summed E-state index contributed by atoms with van der Waals surface area (Å²) in [6.45, 7) is 19.9. The van der Waals surface area contributed by atoms with E-state index in [0.717, 1.165) is 0 Å². The van der Waals surface area contributed by atoms with Crippen LogP contribution in [0.1, 0.15) is 128 Å². The number of imide groups is 1. The number of aliphatic hydroxyl groups is 1. The lowest BCUT2D eigenvalue weighted by molar-refractivity contribution is -0.206. The number of aliphatic carboxylic acids is 1. The maximum atomic E-state index is 13.2. The maximum Gasteiger partial charge on any atom is 0.339 e. The zero-order chi connectivity index (χ0) is 42.9. The zero-order valence-corrected chi connectivity index (χ0v) is 37.2. The van der Waals surface area contributed by atoms with Crippen molar-refractivity contribution in [3.8, 4) is 0 Å². The lowest BCUT2D eigenvalue weighted by Crippen LogP contribution is -2.48. The number of halogens is 2. The van der Waals surface area contributed by atoms with E-state index in [1.54, 1.807) is 69.2 Å². The Balaban J connectivity index is 0.00000109. The van der Waals surface area contributed by atoms with Gasteiger partial charge < -0.3 is 30.4 Å². The molecule has 1 heterocycles. The number of nitrogens with zero attached hydrogens (tertiary/aromatic N) is 1. The van der Waals surface area contributed by atoms with Crippen molar-refractivity contribution in [1.82, 2.24) is 15.7 Å². The summed E-state index contributed by atoms with van der Waals surface area (Å²) in [6, 6.07) is 0. The second-order valence-electron chi connectivity index (χ2n) is 17.1. The van der Waals surface area contributed by atoms with E-state index in [9.17, 15) is 43.5 Å². The van der Waals surface area contributed by atoms with Crippen molar-refractivity contribution in [3.63, 3.8) is 0 Å². The van der Waals surface area contributed by atoms with Gasteiger partial charge in [-0.05, 0) is 67.2 Å². The minimum absolute atomic E-state index is 0.0152. The van der Waals surface area contributed by atoms with Crippen LogP contribution in [-0.4, -0.2) is 97.0 Å². The van der Waals surface area contributed by atoms with Crippen LogP contribution in [0.2, 0.25) is 0 Å². The second kappa shape index (κ2) is 19.3. The summed E-state index contributed by atoms with van der Waals surface area (Å²) in [5.41, 5.74) is -5.01. The number of esters is 1. The number of nitrogens with one attached hydrogen (secondary N) is 2. The topological polar surface area (TPSA) is 223 Å². The molecule has 15 nitrogen and oxygen atoms in total. The first kappa shape index (κ1) is 51.1. The number of hydrogen-bond donors (Lipinski definition) is 4. The summed E-state index contributed by atoms with van der Waals surface area (Å²) in [5, 5.41) is 23.8. The molecule has 1 aliphatic heterocycles. The Morgan fingerprint density at radius 3 is 1.59 bits per heavy atom. The van der Waals surface area contributed by atoms with Gasteiger partial charge in [0.2, 0.25) is 11.8 Å². The number of aliphatic hydroxyl groups excluding tert-OH is 1. The number of hydroxylamine groups is 2. The Bertz CT molecular complexity index is 1420. The molecule has 1 rings (SSSR count). The number of Topliss-reactive ketones (excluding diaryl/α,β-unsaturated/α-hetero) is 1. The van der Waals surface area contributed by atoms with E-state index in [0.29, 0.717) is 11.5 Å². The van der Waals surface area contributed by atoms with E-state index >= 15 is 0 Å².